The summed E-state index contributed by atoms with van der Waals surface area (Å²) in [6.45, 7) is 19.8. The predicted octanol–water partition coefficient (Wildman–Crippen LogP) is 1.94. The molecule has 0 unspecified atom stereocenters. The summed E-state index contributed by atoms with van der Waals surface area (Å²) in [7, 11) is 4.93. The Morgan fingerprint density at radius 3 is 0.618 bits per heavy atom. The summed E-state index contributed by atoms with van der Waals surface area (Å²) in [5.74, 6) is 0. The highest BCUT2D eigenvalue weighted by molar-refractivity contribution is 4.79. The lowest BCUT2D eigenvalue weighted by atomic mass is 9.92. The molecule has 0 spiro atoms. The average Bonchev–Trinajstić information content (AvgIpc) is 3.16. The van der Waals surface area contributed by atoms with Crippen molar-refractivity contribution >= 4 is 0 Å². The lowest BCUT2D eigenvalue weighted by Crippen LogP contribution is -2.43. The molecule has 0 saturated heterocycles. The van der Waals surface area contributed by atoms with E-state index in [9.17, 15) is 0 Å². The van der Waals surface area contributed by atoms with Gasteiger partial charge in [0.1, 0.15) is 0 Å². The number of hydrogen-bond acceptors (Lipinski definition) is 17. The molecule has 0 saturated carbocycles. The van der Waals surface area contributed by atoms with Gasteiger partial charge in [0.25, 0.3) is 0 Å². The molecule has 0 atom stereocenters. The summed E-state index contributed by atoms with van der Waals surface area (Å²) in [5, 5.41) is 0. The lowest BCUT2D eigenvalue weighted by molar-refractivity contribution is -0.126. The van der Waals surface area contributed by atoms with E-state index in [4.69, 9.17) is 80.5 Å². The predicted molar refractivity (Wildman–Crippen MR) is 204 cm³/mol. The first-order valence-electron chi connectivity index (χ1n) is 19.5. The minimum Gasteiger partial charge on any atom is -0.382 e. The highest BCUT2D eigenvalue weighted by atomic mass is 16.6. The van der Waals surface area contributed by atoms with Crippen LogP contribution in [-0.2, 0) is 80.5 Å². The van der Waals surface area contributed by atoms with Gasteiger partial charge >= 0.3 is 0 Å². The Bertz CT molecular complexity index is 658. The highest BCUT2D eigenvalue weighted by Gasteiger charge is 2.32. The zero-order valence-corrected chi connectivity index (χ0v) is 35.2. The number of rotatable bonds is 47. The maximum absolute atomic E-state index is 6.13. The van der Waals surface area contributed by atoms with Crippen molar-refractivity contribution in [3.05, 3.63) is 0 Å². The molecule has 0 aliphatic rings. The van der Waals surface area contributed by atoms with E-state index in [0.717, 1.165) is 0 Å². The van der Waals surface area contributed by atoms with Gasteiger partial charge in [-0.05, 0) is 20.8 Å². The SMILES string of the molecule is COCCOCCOCCOCCOCC(COCCOCCOCCOCCOC)(COCCOCCOCCOCCOC)COCCOC(C)(C)C. The molecule has 0 fully saturated rings. The summed E-state index contributed by atoms with van der Waals surface area (Å²) in [6, 6.07) is 0. The lowest BCUT2D eigenvalue weighted by Gasteiger charge is -2.33. The van der Waals surface area contributed by atoms with Crippen LogP contribution < -0.4 is 0 Å². The monoisotopic (exact) mass is 807 g/mol. The third-order valence-corrected chi connectivity index (χ3v) is 7.04. The molecule has 0 amide bonds. The zero-order chi connectivity index (χ0) is 40.2. The van der Waals surface area contributed by atoms with Gasteiger partial charge in [0.2, 0.25) is 0 Å². The molecule has 0 heterocycles. The van der Waals surface area contributed by atoms with E-state index in [-0.39, 0.29) is 5.60 Å². The Morgan fingerprint density at radius 1 is 0.236 bits per heavy atom. The second kappa shape index (κ2) is 42.9. The van der Waals surface area contributed by atoms with Crippen LogP contribution in [0.4, 0.5) is 0 Å². The van der Waals surface area contributed by atoms with Crippen molar-refractivity contribution < 1.29 is 80.5 Å². The fourth-order valence-corrected chi connectivity index (χ4v) is 4.22. The summed E-state index contributed by atoms with van der Waals surface area (Å²) in [6.07, 6.45) is 0. The van der Waals surface area contributed by atoms with Gasteiger partial charge in [0.15, 0.2) is 0 Å². The maximum atomic E-state index is 6.13. The molecule has 0 aliphatic heterocycles. The van der Waals surface area contributed by atoms with Crippen LogP contribution in [0.1, 0.15) is 20.8 Å². The fraction of sp³-hybridized carbons (Fsp3) is 1.00. The first kappa shape index (κ1) is 54.3. The fourth-order valence-electron chi connectivity index (χ4n) is 4.22. The van der Waals surface area contributed by atoms with Crippen LogP contribution in [0.15, 0.2) is 0 Å². The molecule has 0 aromatic carbocycles. The molecule has 0 aliphatic carbocycles. The van der Waals surface area contributed by atoms with Crippen LogP contribution in [0.2, 0.25) is 0 Å². The molecule has 0 radical (unpaired) electrons. The van der Waals surface area contributed by atoms with Crippen molar-refractivity contribution in [3.63, 3.8) is 0 Å². The number of hydrogen-bond donors (Lipinski definition) is 0. The first-order valence-corrected chi connectivity index (χ1v) is 19.5. The van der Waals surface area contributed by atoms with Gasteiger partial charge in [-0.25, -0.2) is 0 Å². The van der Waals surface area contributed by atoms with E-state index < -0.39 is 5.41 Å². The summed E-state index contributed by atoms with van der Waals surface area (Å²) >= 11 is 0. The normalized spacial score (nSPS) is 12.3. The van der Waals surface area contributed by atoms with Crippen molar-refractivity contribution in [2.24, 2.45) is 5.41 Å². The second-order valence-corrected chi connectivity index (χ2v) is 13.2. The molecule has 0 N–H and O–H groups in total. The van der Waals surface area contributed by atoms with Gasteiger partial charge in [-0.1, -0.05) is 0 Å². The van der Waals surface area contributed by atoms with Gasteiger partial charge < -0.3 is 80.5 Å². The molecular formula is C38H78O17. The van der Waals surface area contributed by atoms with Crippen LogP contribution in [-0.4, -0.2) is 225 Å². The summed E-state index contributed by atoms with van der Waals surface area (Å²) in [5.41, 5.74) is -0.865. The van der Waals surface area contributed by atoms with Crippen molar-refractivity contribution in [2.45, 2.75) is 26.4 Å². The van der Waals surface area contributed by atoms with Crippen molar-refractivity contribution in [3.8, 4) is 0 Å². The largest absolute Gasteiger partial charge is 0.382 e. The summed E-state index contributed by atoms with van der Waals surface area (Å²) < 4.78 is 95.1. The summed E-state index contributed by atoms with van der Waals surface area (Å²) in [4.78, 5) is 0. The number of ether oxygens (including phenoxy) is 17. The maximum Gasteiger partial charge on any atom is 0.0707 e. The Labute approximate surface area is 331 Å². The Morgan fingerprint density at radius 2 is 0.418 bits per heavy atom. The first-order chi connectivity index (χ1) is 26.9. The molecule has 0 rings (SSSR count). The average molecular weight is 807 g/mol. The van der Waals surface area contributed by atoms with E-state index in [0.29, 0.717) is 198 Å². The van der Waals surface area contributed by atoms with Gasteiger partial charge in [0, 0.05) is 21.3 Å². The van der Waals surface area contributed by atoms with E-state index in [1.165, 1.54) is 0 Å². The molecule has 55 heavy (non-hydrogen) atoms. The molecular weight excluding hydrogens is 728 g/mol. The van der Waals surface area contributed by atoms with Crippen LogP contribution in [0.5, 0.6) is 0 Å². The molecule has 17 nitrogen and oxygen atoms in total. The minimum absolute atomic E-state index is 0.260. The second-order valence-electron chi connectivity index (χ2n) is 13.2. The third kappa shape index (κ3) is 42.7. The van der Waals surface area contributed by atoms with Gasteiger partial charge in [-0.2, -0.15) is 0 Å². The highest BCUT2D eigenvalue weighted by Crippen LogP contribution is 2.21. The van der Waals surface area contributed by atoms with Crippen molar-refractivity contribution in [1.82, 2.24) is 0 Å². The van der Waals surface area contributed by atoms with E-state index in [2.05, 4.69) is 0 Å². The van der Waals surface area contributed by atoms with Gasteiger partial charge in [0.05, 0.1) is 209 Å². The Kier molecular flexibility index (Phi) is 42.4. The molecule has 0 bridgehead atoms. The van der Waals surface area contributed by atoms with E-state index in [1.807, 2.05) is 20.8 Å². The Hall–Kier alpha value is -0.680. The molecule has 17 heteroatoms. The van der Waals surface area contributed by atoms with Crippen LogP contribution in [0, 0.1) is 5.41 Å². The third-order valence-electron chi connectivity index (χ3n) is 7.04. The van der Waals surface area contributed by atoms with Gasteiger partial charge in [-0.15, -0.1) is 0 Å². The molecule has 332 valence electrons. The standard InChI is InChI=1S/C38H78O17/c1-37(2,3)55-32-31-54-36-38(33-51-28-25-48-22-19-45-16-13-42-10-7-39-4,34-52-29-26-49-23-20-46-17-14-43-11-8-40-5)35-53-30-27-50-24-21-47-18-15-44-12-9-41-6/h7-36H2,1-6H3. The smallest absolute Gasteiger partial charge is 0.0707 e. The van der Waals surface area contributed by atoms with Crippen molar-refractivity contribution in [2.75, 3.05) is 220 Å². The van der Waals surface area contributed by atoms with E-state index >= 15 is 0 Å². The minimum atomic E-state index is -0.606. The zero-order valence-electron chi connectivity index (χ0n) is 35.2. The van der Waals surface area contributed by atoms with E-state index in [1.54, 1.807) is 21.3 Å². The van der Waals surface area contributed by atoms with Gasteiger partial charge in [-0.3, -0.25) is 0 Å². The Balaban J connectivity index is 4.83. The topological polar surface area (TPSA) is 157 Å². The quantitative estimate of drug-likeness (QED) is 0.0822. The molecule has 0 aromatic heterocycles. The van der Waals surface area contributed by atoms with Crippen LogP contribution >= 0.6 is 0 Å². The molecule has 0 aromatic rings. The van der Waals surface area contributed by atoms with Crippen molar-refractivity contribution in [1.29, 1.82) is 0 Å². The van der Waals surface area contributed by atoms with Crippen LogP contribution in [0.3, 0.4) is 0 Å². The van der Waals surface area contributed by atoms with Crippen LogP contribution in [0.25, 0.3) is 0 Å². The number of methoxy groups -OCH3 is 3.